The molecule has 120 valence electrons. The van der Waals surface area contributed by atoms with E-state index < -0.39 is 0 Å². The lowest BCUT2D eigenvalue weighted by Crippen LogP contribution is -1.98. The van der Waals surface area contributed by atoms with Crippen molar-refractivity contribution in [1.82, 2.24) is 0 Å². The molecule has 0 atom stereocenters. The zero-order valence-corrected chi connectivity index (χ0v) is 13.8. The summed E-state index contributed by atoms with van der Waals surface area (Å²) in [4.78, 5) is 12.2. The molecular weight excluding hydrogens is 290 g/mol. The third kappa shape index (κ3) is 4.13. The molecule has 4 nitrogen and oxygen atoms in total. The fourth-order valence-electron chi connectivity index (χ4n) is 2.13. The minimum Gasteiger partial charge on any atom is -0.493 e. The predicted octanol–water partition coefficient (Wildman–Crippen LogP) is 4.13. The summed E-state index contributed by atoms with van der Waals surface area (Å²) in [6, 6.07) is 11.2. The van der Waals surface area contributed by atoms with Crippen molar-refractivity contribution in [2.45, 2.75) is 13.8 Å². The van der Waals surface area contributed by atoms with Gasteiger partial charge in [-0.3, -0.25) is 4.79 Å². The highest BCUT2D eigenvalue weighted by molar-refractivity contribution is 6.04. The molecule has 0 heterocycles. The Morgan fingerprint density at radius 3 is 2.35 bits per heavy atom. The number of nitrogens with one attached hydrogen (secondary N) is 1. The maximum Gasteiger partial charge on any atom is 0.187 e. The summed E-state index contributed by atoms with van der Waals surface area (Å²) >= 11 is 0. The summed E-state index contributed by atoms with van der Waals surface area (Å²) in [6.07, 6.45) is 3.14. The van der Waals surface area contributed by atoms with E-state index >= 15 is 0 Å². The van der Waals surface area contributed by atoms with Crippen molar-refractivity contribution < 1.29 is 14.3 Å². The van der Waals surface area contributed by atoms with Crippen molar-refractivity contribution in [2.75, 3.05) is 19.5 Å². The van der Waals surface area contributed by atoms with E-state index in [9.17, 15) is 4.79 Å². The first-order valence-electron chi connectivity index (χ1n) is 7.32. The molecule has 2 aromatic carbocycles. The van der Waals surface area contributed by atoms with Crippen molar-refractivity contribution in [2.24, 2.45) is 0 Å². The number of carbonyl (C=O) groups is 1. The van der Waals surface area contributed by atoms with Crippen LogP contribution in [0.4, 0.5) is 5.69 Å². The van der Waals surface area contributed by atoms with E-state index in [0.717, 1.165) is 11.3 Å². The molecule has 0 aliphatic rings. The average Bonchev–Trinajstić information content (AvgIpc) is 2.57. The van der Waals surface area contributed by atoms with Crippen LogP contribution >= 0.6 is 0 Å². The van der Waals surface area contributed by atoms with Gasteiger partial charge in [0.15, 0.2) is 17.3 Å². The van der Waals surface area contributed by atoms with Crippen LogP contribution in [0.15, 0.2) is 48.7 Å². The van der Waals surface area contributed by atoms with Crippen LogP contribution in [0.1, 0.15) is 21.5 Å². The summed E-state index contributed by atoms with van der Waals surface area (Å²) in [5, 5.41) is 3.06. The van der Waals surface area contributed by atoms with Gasteiger partial charge in [0.05, 0.1) is 14.2 Å². The Balaban J connectivity index is 2.06. The van der Waals surface area contributed by atoms with Gasteiger partial charge in [0.1, 0.15) is 0 Å². The SMILES string of the molecule is COc1ccc(N/C=C/C(=O)c2ccc(C)c(C)c2)cc1OC. The van der Waals surface area contributed by atoms with Gasteiger partial charge in [-0.25, -0.2) is 0 Å². The quantitative estimate of drug-likeness (QED) is 0.643. The number of benzene rings is 2. The van der Waals surface area contributed by atoms with Crippen LogP contribution in [0.5, 0.6) is 11.5 Å². The first-order valence-corrected chi connectivity index (χ1v) is 7.32. The molecule has 23 heavy (non-hydrogen) atoms. The summed E-state index contributed by atoms with van der Waals surface area (Å²) in [5.74, 6) is 1.25. The number of rotatable bonds is 6. The Morgan fingerprint density at radius 2 is 1.70 bits per heavy atom. The van der Waals surface area contributed by atoms with Gasteiger partial charge in [-0.15, -0.1) is 0 Å². The highest BCUT2D eigenvalue weighted by Crippen LogP contribution is 2.29. The van der Waals surface area contributed by atoms with Crippen LogP contribution in [0.25, 0.3) is 0 Å². The number of carbonyl (C=O) groups excluding carboxylic acids is 1. The number of methoxy groups -OCH3 is 2. The second kappa shape index (κ2) is 7.49. The molecule has 0 aromatic heterocycles. The number of aryl methyl sites for hydroxylation is 2. The van der Waals surface area contributed by atoms with Gasteiger partial charge in [0.25, 0.3) is 0 Å². The number of hydrogen-bond acceptors (Lipinski definition) is 4. The lowest BCUT2D eigenvalue weighted by atomic mass is 10.0. The van der Waals surface area contributed by atoms with Crippen LogP contribution in [-0.2, 0) is 0 Å². The van der Waals surface area contributed by atoms with Gasteiger partial charge in [-0.05, 0) is 43.2 Å². The third-order valence-corrected chi connectivity index (χ3v) is 3.66. The van der Waals surface area contributed by atoms with Crippen molar-refractivity contribution in [3.8, 4) is 11.5 Å². The molecular formula is C19H21NO3. The highest BCUT2D eigenvalue weighted by atomic mass is 16.5. The molecule has 0 radical (unpaired) electrons. The van der Waals surface area contributed by atoms with E-state index in [1.807, 2.05) is 44.2 Å². The Hall–Kier alpha value is -2.75. The van der Waals surface area contributed by atoms with Crippen molar-refractivity contribution in [3.05, 3.63) is 65.4 Å². The van der Waals surface area contributed by atoms with Crippen molar-refractivity contribution in [3.63, 3.8) is 0 Å². The van der Waals surface area contributed by atoms with Crippen LogP contribution < -0.4 is 14.8 Å². The molecule has 0 unspecified atom stereocenters. The Morgan fingerprint density at radius 1 is 0.957 bits per heavy atom. The van der Waals surface area contributed by atoms with E-state index in [1.54, 1.807) is 26.5 Å². The monoisotopic (exact) mass is 311 g/mol. The van der Waals surface area contributed by atoms with Gasteiger partial charge in [-0.1, -0.05) is 12.1 Å². The van der Waals surface area contributed by atoms with E-state index in [4.69, 9.17) is 9.47 Å². The second-order valence-corrected chi connectivity index (χ2v) is 5.21. The highest BCUT2D eigenvalue weighted by Gasteiger charge is 2.05. The number of anilines is 1. The molecule has 0 spiro atoms. The third-order valence-electron chi connectivity index (χ3n) is 3.66. The first kappa shape index (κ1) is 16.6. The number of allylic oxidation sites excluding steroid dienone is 1. The molecule has 0 fully saturated rings. The van der Waals surface area contributed by atoms with Crippen molar-refractivity contribution in [1.29, 1.82) is 0 Å². The molecule has 0 aliphatic carbocycles. The topological polar surface area (TPSA) is 47.6 Å². The zero-order chi connectivity index (χ0) is 16.8. The molecule has 0 aliphatic heterocycles. The molecule has 2 rings (SSSR count). The van der Waals surface area contributed by atoms with Crippen LogP contribution in [0.3, 0.4) is 0 Å². The zero-order valence-electron chi connectivity index (χ0n) is 13.8. The summed E-state index contributed by atoms with van der Waals surface area (Å²) in [5.41, 5.74) is 3.77. The number of hydrogen-bond donors (Lipinski definition) is 1. The number of ketones is 1. The molecule has 1 N–H and O–H groups in total. The first-order chi connectivity index (χ1) is 11.0. The van der Waals surface area contributed by atoms with Crippen LogP contribution in [-0.4, -0.2) is 20.0 Å². The molecule has 0 amide bonds. The second-order valence-electron chi connectivity index (χ2n) is 5.21. The fraction of sp³-hybridized carbons (Fsp3) is 0.211. The fourth-order valence-corrected chi connectivity index (χ4v) is 2.13. The van der Waals surface area contributed by atoms with E-state index in [1.165, 1.54) is 11.6 Å². The maximum atomic E-state index is 12.2. The molecule has 0 saturated carbocycles. The standard InChI is InChI=1S/C19H21NO3/c1-13-5-6-15(11-14(13)2)17(21)9-10-20-16-7-8-18(22-3)19(12-16)23-4/h5-12,20H,1-4H3/b10-9+. The summed E-state index contributed by atoms with van der Waals surface area (Å²) < 4.78 is 10.4. The Kier molecular flexibility index (Phi) is 5.41. The number of ether oxygens (including phenoxy) is 2. The van der Waals surface area contributed by atoms with Gasteiger partial charge < -0.3 is 14.8 Å². The molecule has 0 saturated heterocycles. The van der Waals surface area contributed by atoms with Gasteiger partial charge >= 0.3 is 0 Å². The lowest BCUT2D eigenvalue weighted by molar-refractivity contribution is 0.104. The smallest absolute Gasteiger partial charge is 0.187 e. The minimum absolute atomic E-state index is 0.0407. The summed E-state index contributed by atoms with van der Waals surface area (Å²) in [7, 11) is 3.17. The molecule has 4 heteroatoms. The lowest BCUT2D eigenvalue weighted by Gasteiger charge is -2.09. The molecule has 0 bridgehead atoms. The predicted molar refractivity (Wildman–Crippen MR) is 92.6 cm³/mol. The molecule has 2 aromatic rings. The van der Waals surface area contributed by atoms with E-state index in [-0.39, 0.29) is 5.78 Å². The van der Waals surface area contributed by atoms with Crippen LogP contribution in [0, 0.1) is 13.8 Å². The van der Waals surface area contributed by atoms with E-state index in [0.29, 0.717) is 17.1 Å². The Bertz CT molecular complexity index is 735. The maximum absolute atomic E-state index is 12.2. The van der Waals surface area contributed by atoms with Gasteiger partial charge in [0.2, 0.25) is 0 Å². The van der Waals surface area contributed by atoms with Crippen molar-refractivity contribution >= 4 is 11.5 Å². The Labute approximate surface area is 136 Å². The van der Waals surface area contributed by atoms with Gasteiger partial charge in [0, 0.05) is 29.6 Å². The minimum atomic E-state index is -0.0407. The van der Waals surface area contributed by atoms with E-state index in [2.05, 4.69) is 5.32 Å². The largest absolute Gasteiger partial charge is 0.493 e. The van der Waals surface area contributed by atoms with Crippen LogP contribution in [0.2, 0.25) is 0 Å². The normalized spacial score (nSPS) is 10.6. The van der Waals surface area contributed by atoms with Gasteiger partial charge in [-0.2, -0.15) is 0 Å². The summed E-state index contributed by atoms with van der Waals surface area (Å²) in [6.45, 7) is 4.02. The average molecular weight is 311 g/mol.